The Morgan fingerprint density at radius 3 is 2.09 bits per heavy atom. The molecule has 0 aliphatic carbocycles. The lowest BCUT2D eigenvalue weighted by Gasteiger charge is -2.36. The lowest BCUT2D eigenvalue weighted by molar-refractivity contribution is 0.0746. The van der Waals surface area contributed by atoms with Crippen LogP contribution in [-0.2, 0) is 0 Å². The van der Waals surface area contributed by atoms with Crippen molar-refractivity contribution in [1.82, 2.24) is 4.90 Å². The quantitative estimate of drug-likeness (QED) is 0.660. The molecule has 3 aromatic rings. The van der Waals surface area contributed by atoms with E-state index in [-0.39, 0.29) is 11.8 Å². The van der Waals surface area contributed by atoms with Crippen LogP contribution in [0.25, 0.3) is 0 Å². The molecule has 1 aliphatic heterocycles. The first-order valence-electron chi connectivity index (χ1n) is 10.7. The summed E-state index contributed by atoms with van der Waals surface area (Å²) in [4.78, 5) is 29.6. The van der Waals surface area contributed by atoms with Crippen molar-refractivity contribution in [2.24, 2.45) is 0 Å². The number of piperazine rings is 1. The maximum Gasteiger partial charge on any atom is 0.259 e. The van der Waals surface area contributed by atoms with Crippen LogP contribution in [0, 0.1) is 6.92 Å². The highest BCUT2D eigenvalue weighted by molar-refractivity contribution is 6.06. The van der Waals surface area contributed by atoms with Crippen LogP contribution in [0.4, 0.5) is 11.4 Å². The number of hydrogen-bond acceptors (Lipinski definition) is 4. The Kier molecular flexibility index (Phi) is 6.40. The number of rotatable bonds is 5. The largest absolute Gasteiger partial charge is 0.496 e. The predicted octanol–water partition coefficient (Wildman–Crippen LogP) is 4.22. The van der Waals surface area contributed by atoms with E-state index in [1.165, 1.54) is 0 Å². The highest BCUT2D eigenvalue weighted by atomic mass is 16.5. The average molecular weight is 430 g/mol. The van der Waals surface area contributed by atoms with Gasteiger partial charge in [-0.15, -0.1) is 0 Å². The number of hydrogen-bond donors (Lipinski definition) is 1. The van der Waals surface area contributed by atoms with Crippen LogP contribution in [0.1, 0.15) is 26.3 Å². The number of nitrogens with zero attached hydrogens (tertiary/aromatic N) is 2. The van der Waals surface area contributed by atoms with Gasteiger partial charge in [-0.05, 0) is 55.0 Å². The van der Waals surface area contributed by atoms with Crippen LogP contribution in [0.2, 0.25) is 0 Å². The summed E-state index contributed by atoms with van der Waals surface area (Å²) in [6.45, 7) is 4.87. The molecule has 2 amide bonds. The molecular formula is C26H27N3O3. The SMILES string of the molecule is COc1ccccc1C(=O)Nc1ccc(N2CCN(C(=O)c3ccccc3C)CC2)cc1. The lowest BCUT2D eigenvalue weighted by atomic mass is 10.1. The summed E-state index contributed by atoms with van der Waals surface area (Å²) in [6.07, 6.45) is 0. The summed E-state index contributed by atoms with van der Waals surface area (Å²) in [5, 5.41) is 2.92. The second kappa shape index (κ2) is 9.56. The van der Waals surface area contributed by atoms with Crippen molar-refractivity contribution in [2.45, 2.75) is 6.92 Å². The summed E-state index contributed by atoms with van der Waals surface area (Å²) in [7, 11) is 1.55. The molecule has 0 radical (unpaired) electrons. The number of nitrogens with one attached hydrogen (secondary N) is 1. The number of benzene rings is 3. The predicted molar refractivity (Wildman–Crippen MR) is 127 cm³/mol. The minimum Gasteiger partial charge on any atom is -0.496 e. The number of carbonyl (C=O) groups is 2. The van der Waals surface area contributed by atoms with E-state index in [1.807, 2.05) is 72.5 Å². The van der Waals surface area contributed by atoms with Crippen LogP contribution in [0.3, 0.4) is 0 Å². The minimum atomic E-state index is -0.210. The number of carbonyl (C=O) groups excluding carboxylic acids is 2. The molecule has 0 aromatic heterocycles. The topological polar surface area (TPSA) is 61.9 Å². The molecule has 0 atom stereocenters. The van der Waals surface area contributed by atoms with Gasteiger partial charge >= 0.3 is 0 Å². The maximum absolute atomic E-state index is 12.8. The van der Waals surface area contributed by atoms with Gasteiger partial charge in [0, 0.05) is 43.1 Å². The Labute approximate surface area is 188 Å². The third-order valence-electron chi connectivity index (χ3n) is 5.78. The molecule has 4 rings (SSSR count). The van der Waals surface area contributed by atoms with Gasteiger partial charge in [0.15, 0.2) is 0 Å². The molecule has 1 N–H and O–H groups in total. The number of amides is 2. The zero-order valence-corrected chi connectivity index (χ0v) is 18.4. The normalized spacial score (nSPS) is 13.6. The summed E-state index contributed by atoms with van der Waals surface area (Å²) in [5.41, 5.74) is 4.07. The lowest BCUT2D eigenvalue weighted by Crippen LogP contribution is -2.48. The number of anilines is 2. The van der Waals surface area contributed by atoms with E-state index in [0.717, 1.165) is 35.6 Å². The molecule has 1 heterocycles. The van der Waals surface area contributed by atoms with E-state index in [1.54, 1.807) is 19.2 Å². The van der Waals surface area contributed by atoms with Crippen LogP contribution < -0.4 is 15.0 Å². The first-order chi connectivity index (χ1) is 15.6. The Balaban J connectivity index is 1.35. The van der Waals surface area contributed by atoms with Crippen molar-refractivity contribution >= 4 is 23.2 Å². The summed E-state index contributed by atoms with van der Waals surface area (Å²) in [6, 6.07) is 22.6. The smallest absolute Gasteiger partial charge is 0.259 e. The summed E-state index contributed by atoms with van der Waals surface area (Å²) >= 11 is 0. The molecule has 1 saturated heterocycles. The summed E-state index contributed by atoms with van der Waals surface area (Å²) in [5.74, 6) is 0.426. The van der Waals surface area contributed by atoms with E-state index in [4.69, 9.17) is 4.74 Å². The maximum atomic E-state index is 12.8. The molecule has 32 heavy (non-hydrogen) atoms. The minimum absolute atomic E-state index is 0.0946. The zero-order chi connectivity index (χ0) is 22.5. The number of methoxy groups -OCH3 is 1. The highest BCUT2D eigenvalue weighted by Gasteiger charge is 2.23. The van der Waals surface area contributed by atoms with E-state index in [2.05, 4.69) is 10.2 Å². The summed E-state index contributed by atoms with van der Waals surface area (Å²) < 4.78 is 5.27. The fourth-order valence-electron chi connectivity index (χ4n) is 3.94. The Bertz CT molecular complexity index is 1100. The monoisotopic (exact) mass is 429 g/mol. The molecule has 0 saturated carbocycles. The average Bonchev–Trinajstić information content (AvgIpc) is 2.84. The standard InChI is InChI=1S/C26H27N3O3/c1-19-7-3-4-8-22(19)26(31)29-17-15-28(16-18-29)21-13-11-20(12-14-21)27-25(30)23-9-5-6-10-24(23)32-2/h3-14H,15-18H2,1-2H3,(H,27,30). The van der Waals surface area contributed by atoms with E-state index in [9.17, 15) is 9.59 Å². The van der Waals surface area contributed by atoms with Gasteiger partial charge in [-0.1, -0.05) is 30.3 Å². The molecule has 1 aliphatic rings. The number of ether oxygens (including phenoxy) is 1. The van der Waals surface area contributed by atoms with E-state index < -0.39 is 0 Å². The molecule has 1 fully saturated rings. The van der Waals surface area contributed by atoms with Crippen LogP contribution >= 0.6 is 0 Å². The second-order valence-corrected chi connectivity index (χ2v) is 7.80. The van der Waals surface area contributed by atoms with Gasteiger partial charge in [-0.25, -0.2) is 0 Å². The fourth-order valence-corrected chi connectivity index (χ4v) is 3.94. The van der Waals surface area contributed by atoms with Gasteiger partial charge in [-0.2, -0.15) is 0 Å². The first kappa shape index (κ1) is 21.4. The van der Waals surface area contributed by atoms with E-state index in [0.29, 0.717) is 24.4 Å². The molecule has 6 nitrogen and oxygen atoms in total. The van der Waals surface area contributed by atoms with Gasteiger partial charge in [0.05, 0.1) is 12.7 Å². The Morgan fingerprint density at radius 2 is 1.44 bits per heavy atom. The van der Waals surface area contributed by atoms with Crippen molar-refractivity contribution in [1.29, 1.82) is 0 Å². The highest BCUT2D eigenvalue weighted by Crippen LogP contribution is 2.23. The van der Waals surface area contributed by atoms with Gasteiger partial charge in [-0.3, -0.25) is 9.59 Å². The van der Waals surface area contributed by atoms with Crippen molar-refractivity contribution in [3.8, 4) is 5.75 Å². The third kappa shape index (κ3) is 4.59. The molecule has 0 spiro atoms. The molecule has 0 unspecified atom stereocenters. The molecule has 3 aromatic carbocycles. The molecule has 164 valence electrons. The number of aryl methyl sites for hydroxylation is 1. The second-order valence-electron chi connectivity index (χ2n) is 7.80. The molecule has 0 bridgehead atoms. The van der Waals surface area contributed by atoms with E-state index >= 15 is 0 Å². The fraction of sp³-hybridized carbons (Fsp3) is 0.231. The van der Waals surface area contributed by atoms with Crippen molar-refractivity contribution in [2.75, 3.05) is 43.5 Å². The molecule has 6 heteroatoms. The van der Waals surface area contributed by atoms with Crippen LogP contribution in [0.15, 0.2) is 72.8 Å². The Hall–Kier alpha value is -3.80. The van der Waals surface area contributed by atoms with Crippen molar-refractivity contribution in [3.63, 3.8) is 0 Å². The van der Waals surface area contributed by atoms with Crippen molar-refractivity contribution in [3.05, 3.63) is 89.5 Å². The van der Waals surface area contributed by atoms with Crippen molar-refractivity contribution < 1.29 is 14.3 Å². The number of para-hydroxylation sites is 1. The van der Waals surface area contributed by atoms with Gasteiger partial charge in [0.2, 0.25) is 0 Å². The van der Waals surface area contributed by atoms with Gasteiger partial charge in [0.25, 0.3) is 11.8 Å². The van der Waals surface area contributed by atoms with Crippen LogP contribution in [-0.4, -0.2) is 50.0 Å². The van der Waals surface area contributed by atoms with Gasteiger partial charge in [0.1, 0.15) is 5.75 Å². The zero-order valence-electron chi connectivity index (χ0n) is 18.4. The third-order valence-corrected chi connectivity index (χ3v) is 5.78. The Morgan fingerprint density at radius 1 is 0.812 bits per heavy atom. The molecular weight excluding hydrogens is 402 g/mol. The first-order valence-corrected chi connectivity index (χ1v) is 10.7. The van der Waals surface area contributed by atoms with Gasteiger partial charge < -0.3 is 19.9 Å². The van der Waals surface area contributed by atoms with Crippen LogP contribution in [0.5, 0.6) is 5.75 Å².